The Hall–Kier alpha value is -3.00. The van der Waals surface area contributed by atoms with E-state index in [0.717, 1.165) is 27.4 Å². The summed E-state index contributed by atoms with van der Waals surface area (Å²) < 4.78 is 2.78. The number of hydrogen-bond acceptors (Lipinski definition) is 4. The third-order valence-corrected chi connectivity index (χ3v) is 5.48. The molecule has 8 heteroatoms. The number of rotatable bonds is 5. The molecule has 0 saturated carbocycles. The van der Waals surface area contributed by atoms with Crippen molar-refractivity contribution in [3.63, 3.8) is 0 Å². The summed E-state index contributed by atoms with van der Waals surface area (Å²) in [7, 11) is 0. The van der Waals surface area contributed by atoms with Crippen LogP contribution in [0.25, 0.3) is 5.82 Å². The standard InChI is InChI=1S/C21H20BrN5O2/c1-14-23-8-10-26(14)19-11-15(5-7-24-19)13-25-20(28)18-6-9-27(21(18)29)17-4-2-3-16(22)12-17/h2-5,7-8,10-12,18H,6,9,13H2,1H3,(H,25,28). The van der Waals surface area contributed by atoms with E-state index in [9.17, 15) is 9.59 Å². The molecular weight excluding hydrogens is 434 g/mol. The van der Waals surface area contributed by atoms with Crippen LogP contribution in [0.3, 0.4) is 0 Å². The number of carbonyl (C=O) groups excluding carboxylic acids is 2. The van der Waals surface area contributed by atoms with Gasteiger partial charge in [0.15, 0.2) is 0 Å². The number of nitrogens with one attached hydrogen (secondary N) is 1. The van der Waals surface area contributed by atoms with E-state index in [-0.39, 0.29) is 11.8 Å². The molecule has 0 spiro atoms. The normalized spacial score (nSPS) is 16.3. The molecule has 2 aromatic heterocycles. The fourth-order valence-corrected chi connectivity index (χ4v) is 3.85. The van der Waals surface area contributed by atoms with Gasteiger partial charge in [-0.25, -0.2) is 9.97 Å². The fraction of sp³-hybridized carbons (Fsp3) is 0.238. The van der Waals surface area contributed by atoms with Gasteiger partial charge in [0.2, 0.25) is 11.8 Å². The number of amides is 2. The second kappa shape index (κ2) is 8.16. The van der Waals surface area contributed by atoms with Gasteiger partial charge < -0.3 is 10.2 Å². The third-order valence-electron chi connectivity index (χ3n) is 4.99. The third kappa shape index (κ3) is 4.07. The minimum atomic E-state index is -0.661. The number of nitrogens with zero attached hydrogens (tertiary/aromatic N) is 4. The minimum Gasteiger partial charge on any atom is -0.351 e. The highest BCUT2D eigenvalue weighted by molar-refractivity contribution is 9.10. The van der Waals surface area contributed by atoms with Crippen LogP contribution < -0.4 is 10.2 Å². The second-order valence-corrected chi connectivity index (χ2v) is 7.81. The lowest BCUT2D eigenvalue weighted by Gasteiger charge is -2.17. The quantitative estimate of drug-likeness (QED) is 0.602. The smallest absolute Gasteiger partial charge is 0.239 e. The van der Waals surface area contributed by atoms with Crippen LogP contribution in [0, 0.1) is 12.8 Å². The number of halogens is 1. The van der Waals surface area contributed by atoms with Crippen LogP contribution >= 0.6 is 15.9 Å². The van der Waals surface area contributed by atoms with E-state index in [2.05, 4.69) is 31.2 Å². The molecule has 1 aromatic carbocycles. The number of hydrogen-bond donors (Lipinski definition) is 1. The van der Waals surface area contributed by atoms with Crippen molar-refractivity contribution < 1.29 is 9.59 Å². The van der Waals surface area contributed by atoms with Gasteiger partial charge in [0.05, 0.1) is 0 Å². The van der Waals surface area contributed by atoms with E-state index >= 15 is 0 Å². The molecule has 1 aliphatic heterocycles. The monoisotopic (exact) mass is 453 g/mol. The minimum absolute atomic E-state index is 0.162. The molecule has 29 heavy (non-hydrogen) atoms. The highest BCUT2D eigenvalue weighted by atomic mass is 79.9. The van der Waals surface area contributed by atoms with Crippen LogP contribution in [-0.2, 0) is 16.1 Å². The second-order valence-electron chi connectivity index (χ2n) is 6.90. The topological polar surface area (TPSA) is 80.1 Å². The van der Waals surface area contributed by atoms with E-state index in [1.54, 1.807) is 17.3 Å². The molecule has 0 radical (unpaired) electrons. The van der Waals surface area contributed by atoms with Crippen molar-refractivity contribution >= 4 is 33.4 Å². The first kappa shape index (κ1) is 19.3. The van der Waals surface area contributed by atoms with Gasteiger partial charge in [-0.15, -0.1) is 0 Å². The first-order chi connectivity index (χ1) is 14.0. The Morgan fingerprint density at radius 1 is 1.24 bits per heavy atom. The molecule has 3 heterocycles. The lowest BCUT2D eigenvalue weighted by atomic mass is 10.1. The summed E-state index contributed by atoms with van der Waals surface area (Å²) in [6.07, 6.45) is 5.76. The Balaban J connectivity index is 1.40. The molecule has 3 aromatic rings. The maximum atomic E-state index is 12.7. The number of aromatic nitrogens is 3. The molecule has 4 rings (SSSR count). The van der Waals surface area contributed by atoms with Gasteiger partial charge >= 0.3 is 0 Å². The molecule has 148 valence electrons. The zero-order valence-corrected chi connectivity index (χ0v) is 17.5. The molecule has 0 aliphatic carbocycles. The van der Waals surface area contributed by atoms with Crippen molar-refractivity contribution in [1.29, 1.82) is 0 Å². The average molecular weight is 454 g/mol. The van der Waals surface area contributed by atoms with Crippen LogP contribution in [0.15, 0.2) is 59.5 Å². The van der Waals surface area contributed by atoms with Crippen molar-refractivity contribution in [2.75, 3.05) is 11.4 Å². The maximum absolute atomic E-state index is 12.7. The molecule has 1 fully saturated rings. The molecule has 0 bridgehead atoms. The van der Waals surface area contributed by atoms with E-state index in [1.807, 2.05) is 54.1 Å². The van der Waals surface area contributed by atoms with Crippen molar-refractivity contribution in [2.45, 2.75) is 19.9 Å². The number of imidazole rings is 1. The molecule has 1 unspecified atom stereocenters. The summed E-state index contributed by atoms with van der Waals surface area (Å²) in [5.41, 5.74) is 1.71. The first-order valence-electron chi connectivity index (χ1n) is 9.33. The Labute approximate surface area is 176 Å². The molecule has 1 saturated heterocycles. The number of anilines is 1. The Morgan fingerprint density at radius 2 is 2.10 bits per heavy atom. The van der Waals surface area contributed by atoms with Crippen molar-refractivity contribution in [2.24, 2.45) is 5.92 Å². The maximum Gasteiger partial charge on any atom is 0.239 e. The van der Waals surface area contributed by atoms with Crippen LogP contribution in [0.5, 0.6) is 0 Å². The van der Waals surface area contributed by atoms with Crippen LogP contribution in [0.4, 0.5) is 5.69 Å². The molecule has 1 atom stereocenters. The van der Waals surface area contributed by atoms with E-state index in [1.165, 1.54) is 0 Å². The largest absolute Gasteiger partial charge is 0.351 e. The fourth-order valence-electron chi connectivity index (χ4n) is 3.46. The van der Waals surface area contributed by atoms with Crippen LogP contribution in [0.2, 0.25) is 0 Å². The number of benzene rings is 1. The van der Waals surface area contributed by atoms with E-state index in [0.29, 0.717) is 19.5 Å². The lowest BCUT2D eigenvalue weighted by molar-refractivity contribution is -0.132. The Bertz CT molecular complexity index is 1060. The summed E-state index contributed by atoms with van der Waals surface area (Å²) in [5, 5.41) is 2.89. The lowest BCUT2D eigenvalue weighted by Crippen LogP contribution is -2.36. The van der Waals surface area contributed by atoms with Gasteiger partial charge in [-0.2, -0.15) is 0 Å². The van der Waals surface area contributed by atoms with Gasteiger partial charge in [-0.1, -0.05) is 22.0 Å². The molecular formula is C21H20BrN5O2. The van der Waals surface area contributed by atoms with Crippen molar-refractivity contribution in [1.82, 2.24) is 19.9 Å². The van der Waals surface area contributed by atoms with Gasteiger partial charge in [-0.05, 0) is 49.2 Å². The summed E-state index contributed by atoms with van der Waals surface area (Å²) in [5.74, 6) is 0.508. The summed E-state index contributed by atoms with van der Waals surface area (Å²) in [6.45, 7) is 2.77. The molecule has 1 aliphatic rings. The SMILES string of the molecule is Cc1nccn1-c1cc(CNC(=O)C2CCN(c3cccc(Br)c3)C2=O)ccn1. The van der Waals surface area contributed by atoms with Crippen molar-refractivity contribution in [3.05, 3.63) is 70.8 Å². The summed E-state index contributed by atoms with van der Waals surface area (Å²) in [6, 6.07) is 11.3. The molecule has 7 nitrogen and oxygen atoms in total. The van der Waals surface area contributed by atoms with Crippen LogP contribution in [0.1, 0.15) is 17.8 Å². The zero-order chi connectivity index (χ0) is 20.4. The highest BCUT2D eigenvalue weighted by Gasteiger charge is 2.37. The first-order valence-corrected chi connectivity index (χ1v) is 10.1. The molecule has 1 N–H and O–H groups in total. The Morgan fingerprint density at radius 3 is 2.86 bits per heavy atom. The summed E-state index contributed by atoms with van der Waals surface area (Å²) in [4.78, 5) is 35.6. The highest BCUT2D eigenvalue weighted by Crippen LogP contribution is 2.27. The summed E-state index contributed by atoms with van der Waals surface area (Å²) >= 11 is 3.42. The van der Waals surface area contributed by atoms with Crippen LogP contribution in [-0.4, -0.2) is 32.9 Å². The number of pyridine rings is 1. The van der Waals surface area contributed by atoms with E-state index < -0.39 is 5.92 Å². The zero-order valence-electron chi connectivity index (χ0n) is 15.9. The number of aryl methyl sites for hydroxylation is 1. The number of carbonyl (C=O) groups is 2. The predicted molar refractivity (Wildman–Crippen MR) is 113 cm³/mol. The Kier molecular flexibility index (Phi) is 5.44. The van der Waals surface area contributed by atoms with Gasteiger partial charge in [0.25, 0.3) is 0 Å². The average Bonchev–Trinajstić information content (AvgIpc) is 3.32. The van der Waals surface area contributed by atoms with E-state index in [4.69, 9.17) is 0 Å². The van der Waals surface area contributed by atoms with Crippen molar-refractivity contribution in [3.8, 4) is 5.82 Å². The predicted octanol–water partition coefficient (Wildman–Crippen LogP) is 3.01. The van der Waals surface area contributed by atoms with Gasteiger partial charge in [0.1, 0.15) is 17.6 Å². The van der Waals surface area contributed by atoms with Gasteiger partial charge in [-0.3, -0.25) is 14.2 Å². The molecule has 2 amide bonds. The van der Waals surface area contributed by atoms with Gasteiger partial charge in [0, 0.05) is 41.8 Å².